The molecule has 4 N–H and O–H groups in total. The number of aromatic amines is 1. The van der Waals surface area contributed by atoms with Crippen LogP contribution in [-0.2, 0) is 30.7 Å². The molecule has 1 amide bonds. The number of carbonyl (C=O) groups excluding carboxylic acids is 1. The van der Waals surface area contributed by atoms with Crippen LogP contribution in [0.4, 0.5) is 0 Å². The summed E-state index contributed by atoms with van der Waals surface area (Å²) in [4.78, 5) is 12.4. The van der Waals surface area contributed by atoms with Gasteiger partial charge in [-0.15, -0.1) is 5.10 Å². The van der Waals surface area contributed by atoms with Crippen LogP contribution in [0.3, 0.4) is 0 Å². The van der Waals surface area contributed by atoms with Gasteiger partial charge in [-0.3, -0.25) is 14.6 Å². The fourth-order valence-electron chi connectivity index (χ4n) is 2.99. The van der Waals surface area contributed by atoms with Crippen LogP contribution in [0.1, 0.15) is 36.0 Å². The van der Waals surface area contributed by atoms with Crippen LogP contribution in [0.25, 0.3) is 0 Å². The average Bonchev–Trinajstić information content (AvgIpc) is 3.11. The zero-order valence-electron chi connectivity index (χ0n) is 13.5. The number of nitrogens with two attached hydrogens (primary N) is 1. The number of fused-ring (bicyclic) bond motifs is 1. The van der Waals surface area contributed by atoms with Gasteiger partial charge in [0.1, 0.15) is 5.69 Å². The molecule has 0 saturated heterocycles. The molecule has 2 aromatic heterocycles. The van der Waals surface area contributed by atoms with Gasteiger partial charge in [0.05, 0.1) is 25.0 Å². The SMILES string of the molecule is Cc1[nH]nc2c1CC(C(=O)NCc1cn(C[C@H](C)N)nn1)CC2. The van der Waals surface area contributed by atoms with Crippen LogP contribution in [-0.4, -0.2) is 37.1 Å². The quantitative estimate of drug-likeness (QED) is 0.722. The molecule has 124 valence electrons. The lowest BCUT2D eigenvalue weighted by Gasteiger charge is -2.21. The number of rotatable bonds is 5. The number of aryl methyl sites for hydroxylation is 2. The lowest BCUT2D eigenvalue weighted by molar-refractivity contribution is -0.125. The third kappa shape index (κ3) is 3.58. The molecule has 1 aliphatic carbocycles. The van der Waals surface area contributed by atoms with Crippen LogP contribution >= 0.6 is 0 Å². The Kier molecular flexibility index (Phi) is 4.42. The fraction of sp³-hybridized carbons (Fsp3) is 0.600. The van der Waals surface area contributed by atoms with Gasteiger partial charge < -0.3 is 11.1 Å². The standard InChI is InChI=1S/C15H23N7O/c1-9(16)7-22-8-12(19-21-22)6-17-15(23)11-3-4-14-13(5-11)10(2)18-20-14/h8-9,11H,3-7,16H2,1-2H3,(H,17,23)(H,18,20)/t9-,11?/m0/s1. The van der Waals surface area contributed by atoms with E-state index in [9.17, 15) is 4.79 Å². The number of nitrogens with one attached hydrogen (secondary N) is 2. The number of hydrogen-bond donors (Lipinski definition) is 3. The third-order valence-corrected chi connectivity index (χ3v) is 4.22. The maximum Gasteiger partial charge on any atom is 0.223 e. The van der Waals surface area contributed by atoms with Gasteiger partial charge in [0.2, 0.25) is 5.91 Å². The number of nitrogens with zero attached hydrogens (tertiary/aromatic N) is 4. The second-order valence-corrected chi connectivity index (χ2v) is 6.34. The maximum atomic E-state index is 12.4. The van der Waals surface area contributed by atoms with Gasteiger partial charge in [-0.1, -0.05) is 5.21 Å². The van der Waals surface area contributed by atoms with E-state index in [4.69, 9.17) is 5.73 Å². The van der Waals surface area contributed by atoms with Gasteiger partial charge in [-0.25, -0.2) is 0 Å². The van der Waals surface area contributed by atoms with E-state index in [0.717, 1.165) is 36.3 Å². The maximum absolute atomic E-state index is 12.4. The molecule has 0 fully saturated rings. The molecule has 2 atom stereocenters. The molecule has 2 heterocycles. The van der Waals surface area contributed by atoms with Crippen molar-refractivity contribution in [2.24, 2.45) is 11.7 Å². The van der Waals surface area contributed by atoms with Crippen molar-refractivity contribution in [3.05, 3.63) is 28.8 Å². The van der Waals surface area contributed by atoms with Crippen LogP contribution in [0.2, 0.25) is 0 Å². The molecule has 8 heteroatoms. The fourth-order valence-corrected chi connectivity index (χ4v) is 2.99. The Hall–Kier alpha value is -2.22. The summed E-state index contributed by atoms with van der Waals surface area (Å²) in [6.45, 7) is 4.93. The Morgan fingerprint density at radius 1 is 1.61 bits per heavy atom. The van der Waals surface area contributed by atoms with Gasteiger partial charge in [-0.05, 0) is 38.7 Å². The Bertz CT molecular complexity index is 688. The predicted octanol–water partition coefficient (Wildman–Crippen LogP) is 0.0781. The molecule has 0 aliphatic heterocycles. The minimum absolute atomic E-state index is 0.00194. The summed E-state index contributed by atoms with van der Waals surface area (Å²) in [5.74, 6) is 0.0656. The van der Waals surface area contributed by atoms with E-state index < -0.39 is 0 Å². The van der Waals surface area contributed by atoms with Crippen LogP contribution in [0, 0.1) is 12.8 Å². The molecule has 1 aliphatic rings. The minimum atomic E-state index is -0.00194. The smallest absolute Gasteiger partial charge is 0.223 e. The lowest BCUT2D eigenvalue weighted by Crippen LogP contribution is -2.33. The highest BCUT2D eigenvalue weighted by atomic mass is 16.1. The molecule has 23 heavy (non-hydrogen) atoms. The first kappa shape index (κ1) is 15.7. The van der Waals surface area contributed by atoms with Gasteiger partial charge in [0.15, 0.2) is 0 Å². The first-order valence-corrected chi connectivity index (χ1v) is 7.98. The minimum Gasteiger partial charge on any atom is -0.350 e. The molecule has 0 radical (unpaired) electrons. The van der Waals surface area contributed by atoms with Crippen molar-refractivity contribution in [1.29, 1.82) is 0 Å². The lowest BCUT2D eigenvalue weighted by atomic mass is 9.86. The molecular weight excluding hydrogens is 294 g/mol. The zero-order valence-corrected chi connectivity index (χ0v) is 13.5. The normalized spacial score (nSPS) is 18.5. The van der Waals surface area contributed by atoms with E-state index in [-0.39, 0.29) is 17.9 Å². The highest BCUT2D eigenvalue weighted by Gasteiger charge is 2.27. The summed E-state index contributed by atoms with van der Waals surface area (Å²) in [6.07, 6.45) is 4.26. The van der Waals surface area contributed by atoms with Crippen molar-refractivity contribution in [3.63, 3.8) is 0 Å². The van der Waals surface area contributed by atoms with Crippen LogP contribution in [0.5, 0.6) is 0 Å². The second-order valence-electron chi connectivity index (χ2n) is 6.34. The Morgan fingerprint density at radius 2 is 2.43 bits per heavy atom. The molecule has 0 saturated carbocycles. The van der Waals surface area contributed by atoms with Gasteiger partial charge >= 0.3 is 0 Å². The van der Waals surface area contributed by atoms with Crippen molar-refractivity contribution in [1.82, 2.24) is 30.5 Å². The van der Waals surface area contributed by atoms with Crippen molar-refractivity contribution in [3.8, 4) is 0 Å². The summed E-state index contributed by atoms with van der Waals surface area (Å²) in [5, 5.41) is 18.3. The summed E-state index contributed by atoms with van der Waals surface area (Å²) in [7, 11) is 0. The zero-order chi connectivity index (χ0) is 16.4. The highest BCUT2D eigenvalue weighted by molar-refractivity contribution is 5.79. The molecule has 3 rings (SSSR count). The average molecular weight is 317 g/mol. The summed E-state index contributed by atoms with van der Waals surface area (Å²) < 4.78 is 1.70. The molecule has 0 spiro atoms. The van der Waals surface area contributed by atoms with E-state index in [1.807, 2.05) is 20.0 Å². The van der Waals surface area contributed by atoms with Crippen molar-refractivity contribution in [2.45, 2.75) is 52.2 Å². The Morgan fingerprint density at radius 3 is 3.22 bits per heavy atom. The topological polar surface area (TPSA) is 115 Å². The number of carbonyl (C=O) groups is 1. The van der Waals surface area contributed by atoms with Crippen molar-refractivity contribution in [2.75, 3.05) is 0 Å². The highest BCUT2D eigenvalue weighted by Crippen LogP contribution is 2.26. The van der Waals surface area contributed by atoms with Crippen molar-refractivity contribution >= 4 is 5.91 Å². The van der Waals surface area contributed by atoms with Gasteiger partial charge in [0.25, 0.3) is 0 Å². The molecule has 8 nitrogen and oxygen atoms in total. The van der Waals surface area contributed by atoms with E-state index in [1.165, 1.54) is 5.56 Å². The summed E-state index contributed by atoms with van der Waals surface area (Å²) in [6, 6.07) is 0.0220. The molecular formula is C15H23N7O. The first-order chi connectivity index (χ1) is 11.0. The molecule has 1 unspecified atom stereocenters. The Balaban J connectivity index is 1.54. The number of aromatic nitrogens is 5. The van der Waals surface area contributed by atoms with Gasteiger partial charge in [-0.2, -0.15) is 5.10 Å². The molecule has 2 aromatic rings. The predicted molar refractivity (Wildman–Crippen MR) is 84.4 cm³/mol. The summed E-state index contributed by atoms with van der Waals surface area (Å²) >= 11 is 0. The number of amides is 1. The summed E-state index contributed by atoms with van der Waals surface area (Å²) in [5.41, 5.74) is 9.84. The van der Waals surface area contributed by atoms with Gasteiger partial charge in [0, 0.05) is 17.7 Å². The van der Waals surface area contributed by atoms with E-state index in [0.29, 0.717) is 13.1 Å². The first-order valence-electron chi connectivity index (χ1n) is 7.98. The number of H-pyrrole nitrogens is 1. The second kappa shape index (κ2) is 6.49. The van der Waals surface area contributed by atoms with E-state index >= 15 is 0 Å². The molecule has 0 bridgehead atoms. The monoisotopic (exact) mass is 317 g/mol. The van der Waals surface area contributed by atoms with E-state index in [1.54, 1.807) is 4.68 Å². The van der Waals surface area contributed by atoms with Crippen molar-refractivity contribution < 1.29 is 4.79 Å². The largest absolute Gasteiger partial charge is 0.350 e. The van der Waals surface area contributed by atoms with Crippen LogP contribution < -0.4 is 11.1 Å². The number of hydrogen-bond acceptors (Lipinski definition) is 5. The van der Waals surface area contributed by atoms with E-state index in [2.05, 4.69) is 25.8 Å². The van der Waals surface area contributed by atoms with Crippen LogP contribution in [0.15, 0.2) is 6.20 Å². The Labute approximate surface area is 134 Å². The molecule has 0 aromatic carbocycles. The third-order valence-electron chi connectivity index (χ3n) is 4.22.